The van der Waals surface area contributed by atoms with Gasteiger partial charge in [0.05, 0.1) is 23.7 Å². The van der Waals surface area contributed by atoms with Crippen LogP contribution in [0.25, 0.3) is 5.83 Å². The highest BCUT2D eigenvalue weighted by Crippen LogP contribution is 2.36. The number of tetrazole rings is 1. The number of benzene rings is 1. The number of halogens is 5. The summed E-state index contributed by atoms with van der Waals surface area (Å²) in [7, 11) is 0. The van der Waals surface area contributed by atoms with Gasteiger partial charge in [0.15, 0.2) is 5.82 Å². The number of rotatable bonds is 5. The smallest absolute Gasteiger partial charge is 0.306 e. The monoisotopic (exact) mass is 458 g/mol. The number of amides is 2. The SMILES string of the molecule is C/C(C(=O)NC(=O)[C@@H]1CCCN1)=C(\F)c1ccc(C(F)(F)F)c(F)c1Cn1nnc(C)n1. The average Bonchev–Trinajstić information content (AvgIpc) is 3.39. The zero-order chi connectivity index (χ0) is 23.6. The van der Waals surface area contributed by atoms with Crippen molar-refractivity contribution in [3.63, 3.8) is 0 Å². The molecule has 1 aliphatic rings. The molecule has 2 aromatic rings. The van der Waals surface area contributed by atoms with Crippen LogP contribution in [0.15, 0.2) is 17.7 Å². The molecule has 1 atom stereocenters. The standard InChI is InChI=1S/C19H19F5N6O2/c1-9(17(31)26-18(32)14-4-3-7-25-14)15(20)11-5-6-13(19(22,23)24)16(21)12(11)8-30-28-10(2)27-29-30/h5-6,14,25H,3-4,7-8H2,1-2H3,(H,26,31,32)/b15-9+/t14-/m0/s1. The molecule has 0 spiro atoms. The van der Waals surface area contributed by atoms with Gasteiger partial charge in [-0.25, -0.2) is 8.78 Å². The third-order valence-electron chi connectivity index (χ3n) is 4.92. The largest absolute Gasteiger partial charge is 0.419 e. The highest BCUT2D eigenvalue weighted by atomic mass is 19.4. The van der Waals surface area contributed by atoms with E-state index in [1.165, 1.54) is 6.92 Å². The predicted octanol–water partition coefficient (Wildman–Crippen LogP) is 2.28. The van der Waals surface area contributed by atoms with Crippen LogP contribution in [0, 0.1) is 12.7 Å². The molecule has 0 radical (unpaired) electrons. The summed E-state index contributed by atoms with van der Waals surface area (Å²) in [6.07, 6.45) is -3.79. The Bertz CT molecular complexity index is 1070. The Morgan fingerprint density at radius 2 is 2.03 bits per heavy atom. The molecular formula is C19H19F5N6O2. The molecule has 1 aromatic carbocycles. The van der Waals surface area contributed by atoms with Crippen LogP contribution in [0.1, 0.15) is 42.3 Å². The van der Waals surface area contributed by atoms with Crippen LogP contribution in [-0.2, 0) is 22.3 Å². The van der Waals surface area contributed by atoms with Crippen LogP contribution in [0.5, 0.6) is 0 Å². The molecule has 1 aliphatic heterocycles. The number of aryl methyl sites for hydroxylation is 1. The topological polar surface area (TPSA) is 102 Å². The van der Waals surface area contributed by atoms with Gasteiger partial charge in [0.2, 0.25) is 5.91 Å². The Kier molecular flexibility index (Phi) is 6.67. The molecule has 1 saturated heterocycles. The summed E-state index contributed by atoms with van der Waals surface area (Å²) < 4.78 is 69.5. The molecule has 3 rings (SSSR count). The minimum atomic E-state index is -5.03. The van der Waals surface area contributed by atoms with Crippen molar-refractivity contribution in [1.82, 2.24) is 30.8 Å². The van der Waals surface area contributed by atoms with Crippen LogP contribution in [0.3, 0.4) is 0 Å². The number of hydrogen-bond donors (Lipinski definition) is 2. The minimum Gasteiger partial charge on any atom is -0.306 e. The van der Waals surface area contributed by atoms with Gasteiger partial charge in [-0.1, -0.05) is 6.07 Å². The molecule has 172 valence electrons. The Morgan fingerprint density at radius 3 is 2.59 bits per heavy atom. The van der Waals surface area contributed by atoms with Gasteiger partial charge in [0.1, 0.15) is 11.6 Å². The Hall–Kier alpha value is -3.22. The summed E-state index contributed by atoms with van der Waals surface area (Å²) in [6, 6.07) is 0.500. The van der Waals surface area contributed by atoms with Crippen molar-refractivity contribution in [2.75, 3.05) is 6.54 Å². The highest BCUT2D eigenvalue weighted by Gasteiger charge is 2.36. The third kappa shape index (κ3) is 4.98. The maximum atomic E-state index is 15.2. The van der Waals surface area contributed by atoms with Gasteiger partial charge >= 0.3 is 6.18 Å². The number of nitrogens with zero attached hydrogens (tertiary/aromatic N) is 4. The molecule has 0 aliphatic carbocycles. The predicted molar refractivity (Wildman–Crippen MR) is 101 cm³/mol. The van der Waals surface area contributed by atoms with Crippen molar-refractivity contribution >= 4 is 17.6 Å². The summed E-state index contributed by atoms with van der Waals surface area (Å²) in [4.78, 5) is 25.2. The van der Waals surface area contributed by atoms with Crippen molar-refractivity contribution in [3.05, 3.63) is 46.0 Å². The molecule has 2 N–H and O–H groups in total. The fraction of sp³-hybridized carbons (Fsp3) is 0.421. The third-order valence-corrected chi connectivity index (χ3v) is 4.92. The number of carbonyl (C=O) groups excluding carboxylic acids is 2. The van der Waals surface area contributed by atoms with Gasteiger partial charge in [0.25, 0.3) is 5.91 Å². The fourth-order valence-electron chi connectivity index (χ4n) is 3.23. The van der Waals surface area contributed by atoms with Crippen LogP contribution in [-0.4, -0.2) is 44.6 Å². The second-order valence-corrected chi connectivity index (χ2v) is 7.22. The first-order valence-corrected chi connectivity index (χ1v) is 9.57. The Balaban J connectivity index is 1.99. The minimum absolute atomic E-state index is 0.171. The van der Waals surface area contributed by atoms with Crippen LogP contribution in [0.2, 0.25) is 0 Å². The van der Waals surface area contributed by atoms with E-state index in [1.54, 1.807) is 0 Å². The van der Waals surface area contributed by atoms with E-state index in [0.717, 1.165) is 24.2 Å². The van der Waals surface area contributed by atoms with E-state index < -0.39 is 64.5 Å². The van der Waals surface area contributed by atoms with E-state index in [0.29, 0.717) is 19.0 Å². The molecular weight excluding hydrogens is 439 g/mol. The lowest BCUT2D eigenvalue weighted by Crippen LogP contribution is -2.43. The fourth-order valence-corrected chi connectivity index (χ4v) is 3.23. The molecule has 0 bridgehead atoms. The van der Waals surface area contributed by atoms with Crippen LogP contribution >= 0.6 is 0 Å². The molecule has 0 saturated carbocycles. The van der Waals surface area contributed by atoms with E-state index in [1.807, 2.05) is 5.32 Å². The van der Waals surface area contributed by atoms with Gasteiger partial charge in [-0.2, -0.15) is 18.0 Å². The summed E-state index contributed by atoms with van der Waals surface area (Å²) in [5, 5.41) is 15.8. The molecule has 0 unspecified atom stereocenters. The van der Waals surface area contributed by atoms with Gasteiger partial charge in [-0.15, -0.1) is 10.2 Å². The Morgan fingerprint density at radius 1 is 1.31 bits per heavy atom. The number of aromatic nitrogens is 4. The average molecular weight is 458 g/mol. The molecule has 13 heteroatoms. The number of hydrogen-bond acceptors (Lipinski definition) is 6. The molecule has 1 aromatic heterocycles. The van der Waals surface area contributed by atoms with Gasteiger partial charge in [0, 0.05) is 11.1 Å². The Labute approximate surface area is 178 Å². The first kappa shape index (κ1) is 23.4. The summed E-state index contributed by atoms with van der Waals surface area (Å²) >= 11 is 0. The molecule has 8 nitrogen and oxygen atoms in total. The van der Waals surface area contributed by atoms with Crippen molar-refractivity contribution in [2.24, 2.45) is 0 Å². The number of nitrogens with one attached hydrogen (secondary N) is 2. The summed E-state index contributed by atoms with van der Waals surface area (Å²) in [6.45, 7) is 2.42. The lowest BCUT2D eigenvalue weighted by molar-refractivity contribution is -0.140. The van der Waals surface area contributed by atoms with E-state index >= 15 is 4.39 Å². The normalized spacial score (nSPS) is 17.3. The van der Waals surface area contributed by atoms with Crippen LogP contribution < -0.4 is 10.6 Å². The maximum absolute atomic E-state index is 15.2. The second kappa shape index (κ2) is 9.10. The van der Waals surface area contributed by atoms with E-state index in [-0.39, 0.29) is 5.82 Å². The molecule has 2 amide bonds. The van der Waals surface area contributed by atoms with Crippen molar-refractivity contribution in [2.45, 2.75) is 45.5 Å². The molecule has 1 fully saturated rings. The van der Waals surface area contributed by atoms with Crippen molar-refractivity contribution in [1.29, 1.82) is 0 Å². The maximum Gasteiger partial charge on any atom is 0.419 e. The first-order valence-electron chi connectivity index (χ1n) is 9.57. The zero-order valence-electron chi connectivity index (χ0n) is 17.1. The lowest BCUT2D eigenvalue weighted by Gasteiger charge is -2.16. The van der Waals surface area contributed by atoms with E-state index in [4.69, 9.17) is 0 Å². The first-order chi connectivity index (χ1) is 15.0. The quantitative estimate of drug-likeness (QED) is 0.527. The number of imide groups is 1. The molecule has 32 heavy (non-hydrogen) atoms. The van der Waals surface area contributed by atoms with E-state index in [2.05, 4.69) is 20.7 Å². The number of alkyl halides is 3. The van der Waals surface area contributed by atoms with Crippen molar-refractivity contribution < 1.29 is 31.5 Å². The van der Waals surface area contributed by atoms with Crippen molar-refractivity contribution in [3.8, 4) is 0 Å². The van der Waals surface area contributed by atoms with E-state index in [9.17, 15) is 27.2 Å². The summed E-state index contributed by atoms with van der Waals surface area (Å²) in [5.41, 5.74) is -3.51. The van der Waals surface area contributed by atoms with Gasteiger partial charge < -0.3 is 5.32 Å². The summed E-state index contributed by atoms with van der Waals surface area (Å²) in [5.74, 6) is -4.57. The van der Waals surface area contributed by atoms with Gasteiger partial charge in [-0.05, 0) is 44.5 Å². The number of carbonyl (C=O) groups is 2. The second-order valence-electron chi connectivity index (χ2n) is 7.22. The zero-order valence-corrected chi connectivity index (χ0v) is 17.1. The lowest BCUT2D eigenvalue weighted by atomic mass is 9.99. The highest BCUT2D eigenvalue weighted by molar-refractivity contribution is 6.08. The van der Waals surface area contributed by atoms with Gasteiger partial charge in [-0.3, -0.25) is 14.9 Å². The van der Waals surface area contributed by atoms with Crippen LogP contribution in [0.4, 0.5) is 22.0 Å². The molecule has 2 heterocycles.